The molecule has 5 heteroatoms. The lowest BCUT2D eigenvalue weighted by atomic mass is 10.1. The van der Waals surface area contributed by atoms with Crippen LogP contribution in [0.2, 0.25) is 0 Å². The molecule has 2 nitrogen and oxygen atoms in total. The van der Waals surface area contributed by atoms with Gasteiger partial charge in [0, 0.05) is 17.8 Å². The summed E-state index contributed by atoms with van der Waals surface area (Å²) in [5.41, 5.74) is 2.46. The van der Waals surface area contributed by atoms with E-state index in [4.69, 9.17) is 11.6 Å². The molecule has 0 atom stereocenters. The molecule has 0 amide bonds. The average molecular weight is 281 g/mol. The van der Waals surface area contributed by atoms with Gasteiger partial charge < -0.3 is 4.90 Å². The highest BCUT2D eigenvalue weighted by molar-refractivity contribution is 6.17. The van der Waals surface area contributed by atoms with E-state index in [9.17, 15) is 8.78 Å². The first-order valence-corrected chi connectivity index (χ1v) is 6.49. The number of anilines is 2. The Balaban J connectivity index is 2.08. The highest BCUT2D eigenvalue weighted by Gasteiger charge is 2.24. The van der Waals surface area contributed by atoms with Gasteiger partial charge in [-0.05, 0) is 30.2 Å². The summed E-state index contributed by atoms with van der Waals surface area (Å²) in [7, 11) is 0. The van der Waals surface area contributed by atoms with Gasteiger partial charge in [-0.3, -0.25) is 0 Å². The Bertz CT molecular complexity index is 631. The van der Waals surface area contributed by atoms with Crippen LogP contribution in [0.15, 0.2) is 30.5 Å². The van der Waals surface area contributed by atoms with Gasteiger partial charge in [0.25, 0.3) is 0 Å². The van der Waals surface area contributed by atoms with Crippen LogP contribution in [-0.2, 0) is 12.3 Å². The molecule has 0 radical (unpaired) electrons. The van der Waals surface area contributed by atoms with Gasteiger partial charge in [0.05, 0.1) is 12.1 Å². The number of fused-ring (bicyclic) bond motifs is 1. The molecule has 19 heavy (non-hydrogen) atoms. The number of benzene rings is 1. The zero-order chi connectivity index (χ0) is 13.4. The fourth-order valence-electron chi connectivity index (χ4n) is 2.39. The van der Waals surface area contributed by atoms with Gasteiger partial charge in [0.2, 0.25) is 0 Å². The molecule has 0 saturated heterocycles. The monoisotopic (exact) mass is 280 g/mol. The van der Waals surface area contributed by atoms with E-state index in [0.717, 1.165) is 23.9 Å². The van der Waals surface area contributed by atoms with Crippen LogP contribution in [0, 0.1) is 11.6 Å². The smallest absolute Gasteiger partial charge is 0.141 e. The van der Waals surface area contributed by atoms with Crippen LogP contribution in [0.4, 0.5) is 20.3 Å². The van der Waals surface area contributed by atoms with Gasteiger partial charge in [0.15, 0.2) is 0 Å². The number of aromatic nitrogens is 1. The molecule has 0 unspecified atom stereocenters. The molecule has 0 fully saturated rings. The minimum absolute atomic E-state index is 0.168. The fourth-order valence-corrected chi connectivity index (χ4v) is 2.58. The van der Waals surface area contributed by atoms with Crippen molar-refractivity contribution >= 4 is 23.1 Å². The third kappa shape index (κ3) is 2.16. The number of alkyl halides is 1. The Morgan fingerprint density at radius 1 is 1.21 bits per heavy atom. The number of hydrogen-bond acceptors (Lipinski definition) is 2. The van der Waals surface area contributed by atoms with Crippen molar-refractivity contribution in [2.75, 3.05) is 11.4 Å². The van der Waals surface area contributed by atoms with Crippen molar-refractivity contribution in [3.05, 3.63) is 53.2 Å². The molecule has 1 aromatic carbocycles. The zero-order valence-corrected chi connectivity index (χ0v) is 10.8. The lowest BCUT2D eigenvalue weighted by Crippen LogP contribution is -2.17. The van der Waals surface area contributed by atoms with Crippen molar-refractivity contribution in [3.8, 4) is 0 Å². The summed E-state index contributed by atoms with van der Waals surface area (Å²) in [6.07, 6.45) is 1.97. The molecular formula is C14H11ClF2N2. The van der Waals surface area contributed by atoms with E-state index in [1.807, 2.05) is 4.90 Å². The summed E-state index contributed by atoms with van der Waals surface area (Å²) >= 11 is 5.83. The molecule has 0 saturated carbocycles. The second-order valence-corrected chi connectivity index (χ2v) is 4.71. The summed E-state index contributed by atoms with van der Waals surface area (Å²) in [6, 6.07) is 6.06. The van der Waals surface area contributed by atoms with Crippen LogP contribution in [0.25, 0.3) is 0 Å². The van der Waals surface area contributed by atoms with Crippen LogP contribution in [0.3, 0.4) is 0 Å². The van der Waals surface area contributed by atoms with Crippen molar-refractivity contribution in [2.45, 2.75) is 12.3 Å². The van der Waals surface area contributed by atoms with Gasteiger partial charge in [0.1, 0.15) is 17.5 Å². The maximum absolute atomic E-state index is 13.4. The van der Waals surface area contributed by atoms with Gasteiger partial charge in [-0.2, -0.15) is 0 Å². The summed E-state index contributed by atoms with van der Waals surface area (Å²) in [6.45, 7) is 0.696. The van der Waals surface area contributed by atoms with Crippen LogP contribution in [0.1, 0.15) is 11.1 Å². The molecule has 2 heterocycles. The zero-order valence-electron chi connectivity index (χ0n) is 10.0. The van der Waals surface area contributed by atoms with E-state index in [0.29, 0.717) is 17.9 Å². The fraction of sp³-hybridized carbons (Fsp3) is 0.214. The number of halogens is 3. The molecule has 98 valence electrons. The first-order chi connectivity index (χ1) is 9.19. The molecule has 1 aliphatic rings. The molecule has 0 spiro atoms. The molecule has 1 aliphatic heterocycles. The minimum Gasteiger partial charge on any atom is -0.325 e. The summed E-state index contributed by atoms with van der Waals surface area (Å²) in [5.74, 6) is 0.0559. The molecular weight excluding hydrogens is 270 g/mol. The summed E-state index contributed by atoms with van der Waals surface area (Å²) in [4.78, 5) is 5.99. The summed E-state index contributed by atoms with van der Waals surface area (Å²) in [5, 5.41) is 0. The van der Waals surface area contributed by atoms with Gasteiger partial charge in [-0.15, -0.1) is 11.6 Å². The Morgan fingerprint density at radius 2 is 2.05 bits per heavy atom. The molecule has 0 N–H and O–H groups in total. The van der Waals surface area contributed by atoms with Crippen LogP contribution in [-0.4, -0.2) is 11.5 Å². The van der Waals surface area contributed by atoms with E-state index in [-0.39, 0.29) is 11.7 Å². The van der Waals surface area contributed by atoms with Gasteiger partial charge in [-0.25, -0.2) is 13.8 Å². The maximum Gasteiger partial charge on any atom is 0.141 e. The largest absolute Gasteiger partial charge is 0.325 e. The average Bonchev–Trinajstić information content (AvgIpc) is 2.81. The normalized spacial score (nSPS) is 13.7. The Kier molecular flexibility index (Phi) is 3.11. The second-order valence-electron chi connectivity index (χ2n) is 4.44. The number of hydrogen-bond donors (Lipinski definition) is 0. The van der Waals surface area contributed by atoms with E-state index in [1.54, 1.807) is 6.07 Å². The number of rotatable bonds is 2. The predicted octanol–water partition coefficient (Wildman–Crippen LogP) is 3.79. The minimum atomic E-state index is -0.418. The maximum atomic E-state index is 13.4. The first-order valence-electron chi connectivity index (χ1n) is 5.95. The van der Waals surface area contributed by atoms with E-state index < -0.39 is 5.82 Å². The quantitative estimate of drug-likeness (QED) is 0.778. The molecule has 0 aliphatic carbocycles. The van der Waals surface area contributed by atoms with E-state index in [1.165, 1.54) is 18.2 Å². The third-order valence-corrected chi connectivity index (χ3v) is 3.54. The predicted molar refractivity (Wildman–Crippen MR) is 70.9 cm³/mol. The van der Waals surface area contributed by atoms with Gasteiger partial charge >= 0.3 is 0 Å². The first kappa shape index (κ1) is 12.4. The number of nitrogens with zero attached hydrogens (tertiary/aromatic N) is 2. The molecule has 2 aromatic rings. The van der Waals surface area contributed by atoms with Crippen molar-refractivity contribution in [1.29, 1.82) is 0 Å². The summed E-state index contributed by atoms with van der Waals surface area (Å²) < 4.78 is 26.5. The lowest BCUT2D eigenvalue weighted by molar-refractivity contribution is 0.619. The van der Waals surface area contributed by atoms with Crippen molar-refractivity contribution in [1.82, 2.24) is 4.98 Å². The van der Waals surface area contributed by atoms with Crippen LogP contribution < -0.4 is 4.90 Å². The van der Waals surface area contributed by atoms with E-state index in [2.05, 4.69) is 4.98 Å². The van der Waals surface area contributed by atoms with Crippen LogP contribution in [0.5, 0.6) is 0 Å². The molecule has 1 aromatic heterocycles. The second kappa shape index (κ2) is 4.78. The number of pyridine rings is 1. The topological polar surface area (TPSA) is 16.1 Å². The highest BCUT2D eigenvalue weighted by Crippen LogP contribution is 2.36. The molecule has 3 rings (SSSR count). The molecule has 0 bridgehead atoms. The third-order valence-electron chi connectivity index (χ3n) is 3.25. The Labute approximate surface area is 114 Å². The SMILES string of the molecule is Fc1cnc(N2CCc3ccc(F)cc32)c(CCl)c1. The Morgan fingerprint density at radius 3 is 2.84 bits per heavy atom. The van der Waals surface area contributed by atoms with Crippen molar-refractivity contribution in [2.24, 2.45) is 0 Å². The highest BCUT2D eigenvalue weighted by atomic mass is 35.5. The Hall–Kier alpha value is -1.68. The van der Waals surface area contributed by atoms with Crippen molar-refractivity contribution < 1.29 is 8.78 Å². The van der Waals surface area contributed by atoms with E-state index >= 15 is 0 Å². The van der Waals surface area contributed by atoms with Gasteiger partial charge in [-0.1, -0.05) is 6.07 Å². The van der Waals surface area contributed by atoms with Crippen LogP contribution >= 0.6 is 11.6 Å². The van der Waals surface area contributed by atoms with Crippen molar-refractivity contribution in [3.63, 3.8) is 0 Å². The lowest BCUT2D eigenvalue weighted by Gasteiger charge is -2.20. The standard InChI is InChI=1S/C14H11ClF2N2/c15-7-10-5-12(17)8-18-14(10)19-4-3-9-1-2-11(16)6-13(9)19/h1-2,5-6,8H,3-4,7H2.